The Morgan fingerprint density at radius 2 is 1.85 bits per heavy atom. The van der Waals surface area contributed by atoms with Crippen LogP contribution in [0.2, 0.25) is 0 Å². The fourth-order valence-corrected chi connectivity index (χ4v) is 5.95. The first-order valence-electron chi connectivity index (χ1n) is 11.3. The predicted molar refractivity (Wildman–Crippen MR) is 114 cm³/mol. The van der Waals surface area contributed by atoms with Gasteiger partial charge in [-0.3, -0.25) is 0 Å². The molecule has 0 saturated heterocycles. The summed E-state index contributed by atoms with van der Waals surface area (Å²) in [7, 11) is 0.808. The molecule has 2 fully saturated rings. The standard InChI is InChI=1S/C25H29F3O6/c1-14-10-11-19(23(31)13-18-17(12-22(14,23)3)15(2)20(29)33-18)34-21(30)24(32-4,25(26,27)28)16-8-6-5-7-9-16/h5-9,14,18-19,31H,10-13H2,1-4H3/t14-,18+,19+,22+,23-,24+/m0/s1. The topological polar surface area (TPSA) is 82.1 Å². The zero-order valence-electron chi connectivity index (χ0n) is 19.6. The molecule has 1 N–H and O–H groups in total. The molecular weight excluding hydrogens is 453 g/mol. The van der Waals surface area contributed by atoms with Crippen molar-refractivity contribution in [2.45, 2.75) is 76.0 Å². The zero-order valence-corrected chi connectivity index (χ0v) is 19.6. The second-order valence-corrected chi connectivity index (χ2v) is 9.89. The molecule has 186 valence electrons. The largest absolute Gasteiger partial charge is 0.457 e. The number of alkyl halides is 3. The zero-order chi connectivity index (χ0) is 25.1. The maximum absolute atomic E-state index is 14.3. The third-order valence-corrected chi connectivity index (χ3v) is 8.37. The summed E-state index contributed by atoms with van der Waals surface area (Å²) < 4.78 is 58.8. The summed E-state index contributed by atoms with van der Waals surface area (Å²) in [5, 5.41) is 11.9. The van der Waals surface area contributed by atoms with E-state index >= 15 is 0 Å². The van der Waals surface area contributed by atoms with E-state index in [2.05, 4.69) is 0 Å². The minimum atomic E-state index is -5.12. The monoisotopic (exact) mass is 482 g/mol. The number of hydrogen-bond acceptors (Lipinski definition) is 6. The van der Waals surface area contributed by atoms with Crippen LogP contribution in [0.1, 0.15) is 52.0 Å². The number of rotatable bonds is 4. The number of fused-ring (bicyclic) bond motifs is 2. The van der Waals surface area contributed by atoms with Gasteiger partial charge >= 0.3 is 18.1 Å². The molecular formula is C25H29F3O6. The Morgan fingerprint density at radius 1 is 1.21 bits per heavy atom. The van der Waals surface area contributed by atoms with Crippen molar-refractivity contribution in [1.29, 1.82) is 0 Å². The second-order valence-electron chi connectivity index (χ2n) is 9.89. The molecule has 0 amide bonds. The molecule has 6 nitrogen and oxygen atoms in total. The Kier molecular flexibility index (Phi) is 5.88. The Bertz CT molecular complexity index is 1020. The lowest BCUT2D eigenvalue weighted by Gasteiger charge is -2.59. The highest BCUT2D eigenvalue weighted by Crippen LogP contribution is 2.60. The lowest BCUT2D eigenvalue weighted by Crippen LogP contribution is -2.66. The van der Waals surface area contributed by atoms with Crippen LogP contribution in [0, 0.1) is 11.3 Å². The molecule has 0 bridgehead atoms. The van der Waals surface area contributed by atoms with Gasteiger partial charge in [0.25, 0.3) is 5.60 Å². The van der Waals surface area contributed by atoms with Gasteiger partial charge in [-0.15, -0.1) is 0 Å². The average Bonchev–Trinajstić information content (AvgIpc) is 3.03. The number of esters is 2. The van der Waals surface area contributed by atoms with Gasteiger partial charge in [0.05, 0.1) is 0 Å². The van der Waals surface area contributed by atoms with Crippen LogP contribution in [-0.4, -0.2) is 48.1 Å². The van der Waals surface area contributed by atoms with Crippen molar-refractivity contribution < 1.29 is 42.1 Å². The summed E-state index contributed by atoms with van der Waals surface area (Å²) in [6.45, 7) is 5.46. The number of carbonyl (C=O) groups is 2. The van der Waals surface area contributed by atoms with Crippen molar-refractivity contribution in [2.24, 2.45) is 11.3 Å². The fraction of sp³-hybridized carbons (Fsp3) is 0.600. The minimum absolute atomic E-state index is 0.0340. The van der Waals surface area contributed by atoms with Crippen molar-refractivity contribution in [2.75, 3.05) is 7.11 Å². The number of carbonyl (C=O) groups excluding carboxylic acids is 2. The first kappa shape index (κ1) is 24.7. The van der Waals surface area contributed by atoms with Gasteiger partial charge in [0.2, 0.25) is 0 Å². The van der Waals surface area contributed by atoms with E-state index in [4.69, 9.17) is 14.2 Å². The molecule has 6 atom stereocenters. The predicted octanol–water partition coefficient (Wildman–Crippen LogP) is 4.21. The summed E-state index contributed by atoms with van der Waals surface area (Å²) >= 11 is 0. The van der Waals surface area contributed by atoms with Crippen LogP contribution < -0.4 is 0 Å². The normalized spacial score (nSPS) is 35.2. The number of ether oxygens (including phenoxy) is 3. The van der Waals surface area contributed by atoms with E-state index in [0.717, 1.165) is 24.8 Å². The second kappa shape index (κ2) is 8.09. The van der Waals surface area contributed by atoms with Crippen molar-refractivity contribution in [3.05, 3.63) is 47.0 Å². The summed E-state index contributed by atoms with van der Waals surface area (Å²) in [5.74, 6) is -2.13. The molecule has 4 rings (SSSR count). The van der Waals surface area contributed by atoms with Gasteiger partial charge in [-0.05, 0) is 37.7 Å². The van der Waals surface area contributed by atoms with E-state index in [-0.39, 0.29) is 18.8 Å². The lowest BCUT2D eigenvalue weighted by molar-refractivity contribution is -0.289. The van der Waals surface area contributed by atoms with Gasteiger partial charge < -0.3 is 19.3 Å². The molecule has 3 aliphatic rings. The van der Waals surface area contributed by atoms with Crippen LogP contribution in [0.4, 0.5) is 13.2 Å². The van der Waals surface area contributed by atoms with Crippen LogP contribution in [0.3, 0.4) is 0 Å². The lowest BCUT2D eigenvalue weighted by atomic mass is 9.51. The van der Waals surface area contributed by atoms with Gasteiger partial charge in [-0.1, -0.05) is 44.2 Å². The molecule has 2 aliphatic carbocycles. The number of methoxy groups -OCH3 is 1. The molecule has 9 heteroatoms. The minimum Gasteiger partial charge on any atom is -0.457 e. The summed E-state index contributed by atoms with van der Waals surface area (Å²) in [4.78, 5) is 25.4. The number of halogens is 3. The van der Waals surface area contributed by atoms with Crippen molar-refractivity contribution >= 4 is 11.9 Å². The first-order chi connectivity index (χ1) is 15.8. The molecule has 1 heterocycles. The number of benzene rings is 1. The first-order valence-corrected chi connectivity index (χ1v) is 11.3. The van der Waals surface area contributed by atoms with Crippen molar-refractivity contribution in [3.8, 4) is 0 Å². The van der Waals surface area contributed by atoms with Crippen molar-refractivity contribution in [3.63, 3.8) is 0 Å². The third-order valence-electron chi connectivity index (χ3n) is 8.37. The molecule has 0 radical (unpaired) electrons. The maximum Gasteiger partial charge on any atom is 0.432 e. The smallest absolute Gasteiger partial charge is 0.432 e. The van der Waals surface area contributed by atoms with E-state index in [0.29, 0.717) is 18.4 Å². The van der Waals surface area contributed by atoms with Crippen LogP contribution in [0.5, 0.6) is 0 Å². The van der Waals surface area contributed by atoms with Gasteiger partial charge in [0.1, 0.15) is 17.8 Å². The number of hydrogen-bond donors (Lipinski definition) is 1. The Morgan fingerprint density at radius 3 is 2.44 bits per heavy atom. The van der Waals surface area contributed by atoms with Crippen LogP contribution >= 0.6 is 0 Å². The van der Waals surface area contributed by atoms with Gasteiger partial charge in [0, 0.05) is 30.1 Å². The molecule has 1 aliphatic heterocycles. The molecule has 1 aromatic rings. The number of aliphatic hydroxyl groups is 1. The summed E-state index contributed by atoms with van der Waals surface area (Å²) in [5.41, 5.74) is -5.00. The van der Waals surface area contributed by atoms with E-state index in [1.165, 1.54) is 18.2 Å². The van der Waals surface area contributed by atoms with E-state index in [9.17, 15) is 27.9 Å². The molecule has 0 aromatic heterocycles. The van der Waals surface area contributed by atoms with E-state index in [1.54, 1.807) is 6.92 Å². The summed E-state index contributed by atoms with van der Waals surface area (Å²) in [6, 6.07) is 6.58. The third kappa shape index (κ3) is 3.31. The van der Waals surface area contributed by atoms with Gasteiger partial charge in [-0.2, -0.15) is 13.2 Å². The van der Waals surface area contributed by atoms with Crippen molar-refractivity contribution in [1.82, 2.24) is 0 Å². The highest BCUT2D eigenvalue weighted by Gasteiger charge is 2.68. The van der Waals surface area contributed by atoms with Crippen LogP contribution in [0.25, 0.3) is 0 Å². The molecule has 0 unspecified atom stereocenters. The van der Waals surface area contributed by atoms with Crippen LogP contribution in [-0.2, 0) is 29.4 Å². The average molecular weight is 482 g/mol. The SMILES string of the molecule is CO[C@@](C(=O)O[C@@H]1CC[C@H](C)[C@@]2(C)CC3=C(C)C(=O)O[C@@H]3C[C@]12O)(c1ccccc1)C(F)(F)F. The van der Waals surface area contributed by atoms with Crippen LogP contribution in [0.15, 0.2) is 41.5 Å². The fourth-order valence-electron chi connectivity index (χ4n) is 5.95. The Balaban J connectivity index is 1.72. The van der Waals surface area contributed by atoms with E-state index in [1.807, 2.05) is 13.8 Å². The Hall–Kier alpha value is -2.39. The van der Waals surface area contributed by atoms with E-state index < -0.39 is 52.5 Å². The molecule has 0 spiro atoms. The van der Waals surface area contributed by atoms with Gasteiger partial charge in [0.15, 0.2) is 0 Å². The Labute approximate surface area is 196 Å². The highest BCUT2D eigenvalue weighted by molar-refractivity contribution is 5.91. The quantitative estimate of drug-likeness (QED) is 0.648. The summed E-state index contributed by atoms with van der Waals surface area (Å²) in [6.07, 6.45) is -6.07. The molecule has 1 aromatic carbocycles. The highest BCUT2D eigenvalue weighted by atomic mass is 19.4. The maximum atomic E-state index is 14.3. The molecule has 2 saturated carbocycles. The van der Waals surface area contributed by atoms with Gasteiger partial charge in [-0.25, -0.2) is 9.59 Å². The molecule has 34 heavy (non-hydrogen) atoms.